The molecule has 0 unspecified atom stereocenters. The van der Waals surface area contributed by atoms with Crippen molar-refractivity contribution in [2.75, 3.05) is 19.0 Å². The van der Waals surface area contributed by atoms with Gasteiger partial charge in [0.1, 0.15) is 0 Å². The zero-order chi connectivity index (χ0) is 20.0. The van der Waals surface area contributed by atoms with E-state index in [4.69, 9.17) is 4.74 Å². The molecule has 0 saturated carbocycles. The topological polar surface area (TPSA) is 125 Å². The summed E-state index contributed by atoms with van der Waals surface area (Å²) in [5.41, 5.74) is 0.348. The number of methoxy groups -OCH3 is 1. The monoisotopic (exact) mass is 372 g/mol. The average molecular weight is 372 g/mol. The molecule has 9 nitrogen and oxygen atoms in total. The van der Waals surface area contributed by atoms with Crippen LogP contribution in [-0.2, 0) is 9.53 Å². The molecule has 0 fully saturated rings. The summed E-state index contributed by atoms with van der Waals surface area (Å²) >= 11 is 0. The van der Waals surface area contributed by atoms with Crippen LogP contribution in [0.15, 0.2) is 42.5 Å². The first kappa shape index (κ1) is 19.6. The number of amides is 1. The number of nitrogens with zero attached hydrogens (tertiary/aromatic N) is 1. The van der Waals surface area contributed by atoms with Crippen molar-refractivity contribution >= 4 is 29.0 Å². The summed E-state index contributed by atoms with van der Waals surface area (Å²) in [6.45, 7) is 0.907. The molecule has 0 saturated heterocycles. The third-order valence-corrected chi connectivity index (χ3v) is 3.49. The molecule has 1 amide bonds. The van der Waals surface area contributed by atoms with Crippen LogP contribution >= 0.6 is 0 Å². The maximum Gasteiger partial charge on any atom is 0.338 e. The van der Waals surface area contributed by atoms with E-state index >= 15 is 0 Å². The maximum atomic E-state index is 12.0. The number of ketones is 1. The summed E-state index contributed by atoms with van der Waals surface area (Å²) in [6.07, 6.45) is 0. The van der Waals surface area contributed by atoms with Crippen LogP contribution in [0.4, 0.5) is 11.4 Å². The van der Waals surface area contributed by atoms with Gasteiger partial charge in [-0.15, -0.1) is 0 Å². The van der Waals surface area contributed by atoms with Gasteiger partial charge in [0.05, 0.1) is 17.6 Å². The maximum absolute atomic E-state index is 12.0. The summed E-state index contributed by atoms with van der Waals surface area (Å²) in [4.78, 5) is 45.3. The van der Waals surface area contributed by atoms with Gasteiger partial charge in [0.2, 0.25) is 0 Å². The smallest absolute Gasteiger partial charge is 0.338 e. The van der Waals surface area contributed by atoms with Gasteiger partial charge in [0.15, 0.2) is 18.1 Å². The molecule has 0 aliphatic rings. The third kappa shape index (κ3) is 5.11. The number of ether oxygens (including phenoxy) is 2. The number of nitro benzene ring substituents is 1. The Morgan fingerprint density at radius 1 is 1.11 bits per heavy atom. The summed E-state index contributed by atoms with van der Waals surface area (Å²) in [5.74, 6) is -1.61. The number of rotatable bonds is 7. The minimum Gasteiger partial charge on any atom is -0.477 e. The largest absolute Gasteiger partial charge is 0.477 e. The number of esters is 1. The van der Waals surface area contributed by atoms with E-state index < -0.39 is 29.1 Å². The number of hydrogen-bond acceptors (Lipinski definition) is 7. The second kappa shape index (κ2) is 8.56. The minimum absolute atomic E-state index is 0.0120. The van der Waals surface area contributed by atoms with Gasteiger partial charge in [-0.05, 0) is 31.2 Å². The molecule has 2 rings (SSSR count). The Kier molecular flexibility index (Phi) is 6.21. The SMILES string of the molecule is COC(=O)c1ccc(OCC(=O)Nc2cccc(C(C)=O)c2)c([N+](=O)[O-])c1. The molecule has 0 aliphatic heterocycles. The van der Waals surface area contributed by atoms with Crippen LogP contribution in [0.3, 0.4) is 0 Å². The number of nitrogens with one attached hydrogen (secondary N) is 1. The Bertz CT molecular complexity index is 908. The molecule has 27 heavy (non-hydrogen) atoms. The van der Waals surface area contributed by atoms with E-state index in [-0.39, 0.29) is 17.1 Å². The van der Waals surface area contributed by atoms with Gasteiger partial charge in [-0.25, -0.2) is 4.79 Å². The Morgan fingerprint density at radius 3 is 2.48 bits per heavy atom. The molecule has 1 N–H and O–H groups in total. The van der Waals surface area contributed by atoms with Crippen molar-refractivity contribution < 1.29 is 28.8 Å². The molecule has 0 radical (unpaired) electrons. The molecule has 0 aliphatic carbocycles. The van der Waals surface area contributed by atoms with Gasteiger partial charge < -0.3 is 14.8 Å². The van der Waals surface area contributed by atoms with E-state index in [0.717, 1.165) is 13.2 Å². The lowest BCUT2D eigenvalue weighted by Crippen LogP contribution is -2.20. The summed E-state index contributed by atoms with van der Waals surface area (Å²) in [6, 6.07) is 9.85. The van der Waals surface area contributed by atoms with E-state index in [1.807, 2.05) is 0 Å². The van der Waals surface area contributed by atoms with E-state index in [0.29, 0.717) is 11.3 Å². The minimum atomic E-state index is -0.729. The molecular weight excluding hydrogens is 356 g/mol. The number of carbonyl (C=O) groups is 3. The normalized spacial score (nSPS) is 10.0. The molecule has 0 heterocycles. The lowest BCUT2D eigenvalue weighted by atomic mass is 10.1. The van der Waals surface area contributed by atoms with Crippen LogP contribution in [0.2, 0.25) is 0 Å². The fourth-order valence-electron chi connectivity index (χ4n) is 2.18. The fourth-order valence-corrected chi connectivity index (χ4v) is 2.18. The van der Waals surface area contributed by atoms with Gasteiger partial charge in [-0.1, -0.05) is 12.1 Å². The Morgan fingerprint density at radius 2 is 1.85 bits per heavy atom. The first-order chi connectivity index (χ1) is 12.8. The zero-order valence-electron chi connectivity index (χ0n) is 14.6. The molecule has 140 valence electrons. The van der Waals surface area contributed by atoms with Crippen LogP contribution in [0, 0.1) is 10.1 Å². The van der Waals surface area contributed by atoms with Crippen LogP contribution in [0.1, 0.15) is 27.6 Å². The molecule has 0 atom stereocenters. The highest BCUT2D eigenvalue weighted by atomic mass is 16.6. The second-order valence-corrected chi connectivity index (χ2v) is 5.41. The number of anilines is 1. The number of hydrogen-bond donors (Lipinski definition) is 1. The predicted octanol–water partition coefficient (Wildman–Crippen LogP) is 2.60. The lowest BCUT2D eigenvalue weighted by molar-refractivity contribution is -0.385. The van der Waals surface area contributed by atoms with Crippen molar-refractivity contribution in [3.63, 3.8) is 0 Å². The van der Waals surface area contributed by atoms with Crippen LogP contribution in [-0.4, -0.2) is 36.3 Å². The van der Waals surface area contributed by atoms with Gasteiger partial charge in [-0.2, -0.15) is 0 Å². The van der Waals surface area contributed by atoms with Crippen LogP contribution in [0.5, 0.6) is 5.75 Å². The quantitative estimate of drug-likeness (QED) is 0.343. The number of Topliss-reactive ketones (excluding diaryl/α,β-unsaturated/α-hetero) is 1. The van der Waals surface area contributed by atoms with Gasteiger partial charge in [-0.3, -0.25) is 19.7 Å². The third-order valence-electron chi connectivity index (χ3n) is 3.49. The average Bonchev–Trinajstić information content (AvgIpc) is 2.65. The number of nitro groups is 1. The summed E-state index contributed by atoms with van der Waals surface area (Å²) < 4.78 is 9.72. The number of benzene rings is 2. The van der Waals surface area contributed by atoms with Crippen molar-refractivity contribution in [1.29, 1.82) is 0 Å². The Hall–Kier alpha value is -3.75. The standard InChI is InChI=1S/C18H16N2O7/c1-11(21)12-4-3-5-14(8-12)19-17(22)10-27-16-7-6-13(18(23)26-2)9-15(16)20(24)25/h3-9H,10H2,1-2H3,(H,19,22). The highest BCUT2D eigenvalue weighted by molar-refractivity contribution is 5.97. The fraction of sp³-hybridized carbons (Fsp3) is 0.167. The van der Waals surface area contributed by atoms with Gasteiger partial charge in [0, 0.05) is 17.3 Å². The molecule has 9 heteroatoms. The van der Waals surface area contributed by atoms with Crippen molar-refractivity contribution in [2.24, 2.45) is 0 Å². The molecular formula is C18H16N2O7. The van der Waals surface area contributed by atoms with Crippen LogP contribution < -0.4 is 10.1 Å². The van der Waals surface area contributed by atoms with Gasteiger partial charge >= 0.3 is 11.7 Å². The van der Waals surface area contributed by atoms with Crippen molar-refractivity contribution in [1.82, 2.24) is 0 Å². The van der Waals surface area contributed by atoms with Gasteiger partial charge in [0.25, 0.3) is 5.91 Å². The highest BCUT2D eigenvalue weighted by Gasteiger charge is 2.20. The molecule has 0 bridgehead atoms. The summed E-state index contributed by atoms with van der Waals surface area (Å²) in [5, 5.41) is 13.7. The number of carbonyl (C=O) groups excluding carboxylic acids is 3. The Balaban J connectivity index is 2.08. The van der Waals surface area contributed by atoms with E-state index in [9.17, 15) is 24.5 Å². The summed E-state index contributed by atoms with van der Waals surface area (Å²) in [7, 11) is 1.16. The molecule has 0 aromatic heterocycles. The van der Waals surface area contributed by atoms with E-state index in [1.165, 1.54) is 25.1 Å². The van der Waals surface area contributed by atoms with E-state index in [2.05, 4.69) is 10.1 Å². The van der Waals surface area contributed by atoms with Crippen molar-refractivity contribution in [2.45, 2.75) is 6.92 Å². The van der Waals surface area contributed by atoms with Crippen molar-refractivity contribution in [3.05, 3.63) is 63.7 Å². The van der Waals surface area contributed by atoms with Crippen molar-refractivity contribution in [3.8, 4) is 5.75 Å². The highest BCUT2D eigenvalue weighted by Crippen LogP contribution is 2.28. The van der Waals surface area contributed by atoms with Crippen LogP contribution in [0.25, 0.3) is 0 Å². The lowest BCUT2D eigenvalue weighted by Gasteiger charge is -2.09. The zero-order valence-corrected chi connectivity index (χ0v) is 14.6. The predicted molar refractivity (Wildman–Crippen MR) is 95.0 cm³/mol. The first-order valence-corrected chi connectivity index (χ1v) is 7.72. The second-order valence-electron chi connectivity index (χ2n) is 5.41. The molecule has 0 spiro atoms. The Labute approximate surface area is 154 Å². The first-order valence-electron chi connectivity index (χ1n) is 7.72. The molecule has 2 aromatic carbocycles. The van der Waals surface area contributed by atoms with E-state index in [1.54, 1.807) is 18.2 Å². The molecule has 2 aromatic rings.